The van der Waals surface area contributed by atoms with Gasteiger partial charge in [-0.3, -0.25) is 4.79 Å². The topological polar surface area (TPSA) is 17.1 Å². The first-order valence-corrected chi connectivity index (χ1v) is 6.35. The van der Waals surface area contributed by atoms with Crippen LogP contribution in [-0.2, 0) is 4.79 Å². The van der Waals surface area contributed by atoms with Gasteiger partial charge in [0.25, 0.3) is 5.67 Å². The molecule has 0 fully saturated rings. The number of rotatable bonds is 6. The summed E-state index contributed by atoms with van der Waals surface area (Å²) in [5.41, 5.74) is -15.8. The Morgan fingerprint density at radius 1 is 0.593 bits per heavy atom. The van der Waals surface area contributed by atoms with Gasteiger partial charge in [0, 0.05) is 6.42 Å². The molecular formula is C11H7F15O. The summed E-state index contributed by atoms with van der Waals surface area (Å²) in [7, 11) is 0. The first kappa shape index (κ1) is 25.6. The largest absolute Gasteiger partial charge is 0.460 e. The van der Waals surface area contributed by atoms with Crippen molar-refractivity contribution in [3.05, 3.63) is 0 Å². The molecule has 0 bridgehead atoms. The molecule has 0 N–H and O–H groups in total. The summed E-state index contributed by atoms with van der Waals surface area (Å²) in [5, 5.41) is 0. The monoisotopic (exact) mass is 440 g/mol. The van der Waals surface area contributed by atoms with Crippen LogP contribution in [0.1, 0.15) is 19.8 Å². The van der Waals surface area contributed by atoms with Crippen LogP contribution in [0.25, 0.3) is 0 Å². The van der Waals surface area contributed by atoms with Crippen LogP contribution in [0.3, 0.4) is 0 Å². The molecular weight excluding hydrogens is 433 g/mol. The van der Waals surface area contributed by atoms with Gasteiger partial charge in [-0.2, -0.15) is 57.1 Å². The highest BCUT2D eigenvalue weighted by atomic mass is 19.4. The molecule has 162 valence electrons. The van der Waals surface area contributed by atoms with Crippen LogP contribution in [0.15, 0.2) is 0 Å². The van der Waals surface area contributed by atoms with Crippen molar-refractivity contribution in [2.45, 2.75) is 61.5 Å². The maximum atomic E-state index is 14.3. The van der Waals surface area contributed by atoms with Crippen molar-refractivity contribution in [1.82, 2.24) is 0 Å². The first-order chi connectivity index (χ1) is 11.5. The normalized spacial score (nSPS) is 17.6. The summed E-state index contributed by atoms with van der Waals surface area (Å²) in [6.07, 6.45) is -26.6. The number of carbonyl (C=O) groups excluding carboxylic acids is 1. The highest BCUT2D eigenvalue weighted by Crippen LogP contribution is 2.63. The number of ketones is 1. The van der Waals surface area contributed by atoms with E-state index in [0.29, 0.717) is 6.92 Å². The van der Waals surface area contributed by atoms with Crippen LogP contribution < -0.4 is 0 Å². The Kier molecular flexibility index (Phi) is 6.26. The van der Waals surface area contributed by atoms with Gasteiger partial charge in [-0.05, 0) is 6.42 Å². The fraction of sp³-hybridized carbons (Fsp3) is 0.909. The van der Waals surface area contributed by atoms with E-state index in [4.69, 9.17) is 0 Å². The van der Waals surface area contributed by atoms with Gasteiger partial charge >= 0.3 is 36.0 Å². The molecule has 27 heavy (non-hydrogen) atoms. The molecule has 0 saturated heterocycles. The molecule has 0 heterocycles. The summed E-state index contributed by atoms with van der Waals surface area (Å²) in [4.78, 5) is 11.2. The molecule has 16 heteroatoms. The van der Waals surface area contributed by atoms with Gasteiger partial charge in [-0.1, -0.05) is 6.92 Å². The van der Waals surface area contributed by atoms with Gasteiger partial charge in [-0.15, -0.1) is 0 Å². The molecule has 0 spiro atoms. The minimum absolute atomic E-state index is 0.624. The van der Waals surface area contributed by atoms with E-state index in [1.807, 2.05) is 0 Å². The molecule has 1 nitrogen and oxygen atoms in total. The van der Waals surface area contributed by atoms with E-state index < -0.39 is 60.3 Å². The lowest BCUT2D eigenvalue weighted by Crippen LogP contribution is -2.79. The van der Waals surface area contributed by atoms with Crippen LogP contribution in [0.4, 0.5) is 65.9 Å². The number of alkyl halides is 15. The van der Waals surface area contributed by atoms with Crippen molar-refractivity contribution in [2.24, 2.45) is 0 Å². The van der Waals surface area contributed by atoms with Crippen molar-refractivity contribution in [3.8, 4) is 0 Å². The van der Waals surface area contributed by atoms with Gasteiger partial charge in [-0.25, -0.2) is 8.78 Å². The van der Waals surface area contributed by atoms with Gasteiger partial charge in [0.15, 0.2) is 5.78 Å². The minimum atomic E-state index is -8.13. The Hall–Kier alpha value is -1.38. The summed E-state index contributed by atoms with van der Waals surface area (Å²) >= 11 is 0. The second-order valence-electron chi connectivity index (χ2n) is 5.13. The minimum Gasteiger partial charge on any atom is -0.296 e. The van der Waals surface area contributed by atoms with Crippen LogP contribution >= 0.6 is 0 Å². The van der Waals surface area contributed by atoms with Gasteiger partial charge in [0.2, 0.25) is 0 Å². The van der Waals surface area contributed by atoms with Crippen LogP contribution in [0, 0.1) is 0 Å². The third-order valence-electron chi connectivity index (χ3n) is 3.30. The Labute approximate surface area is 139 Å². The lowest BCUT2D eigenvalue weighted by molar-refractivity contribution is -0.431. The summed E-state index contributed by atoms with van der Waals surface area (Å²) < 4.78 is 193. The van der Waals surface area contributed by atoms with E-state index in [1.165, 1.54) is 0 Å². The fourth-order valence-electron chi connectivity index (χ4n) is 1.93. The highest BCUT2D eigenvalue weighted by molar-refractivity contribution is 5.90. The number of carbonyl (C=O) groups is 1. The van der Waals surface area contributed by atoms with E-state index in [-0.39, 0.29) is 0 Å². The average Bonchev–Trinajstić information content (AvgIpc) is 2.41. The first-order valence-electron chi connectivity index (χ1n) is 6.35. The number of hydrogen-bond donors (Lipinski definition) is 0. The van der Waals surface area contributed by atoms with Crippen LogP contribution in [-0.4, -0.2) is 47.5 Å². The van der Waals surface area contributed by atoms with Crippen molar-refractivity contribution < 1.29 is 70.7 Å². The zero-order valence-electron chi connectivity index (χ0n) is 12.5. The second-order valence-corrected chi connectivity index (χ2v) is 5.13. The van der Waals surface area contributed by atoms with E-state index >= 15 is 0 Å². The number of halogens is 15. The molecule has 0 saturated carbocycles. The lowest BCUT2D eigenvalue weighted by atomic mass is 9.73. The molecule has 0 aliphatic carbocycles. The third kappa shape index (κ3) is 3.32. The van der Waals surface area contributed by atoms with Crippen molar-refractivity contribution in [2.75, 3.05) is 0 Å². The maximum Gasteiger partial charge on any atom is 0.460 e. The van der Waals surface area contributed by atoms with E-state index in [0.717, 1.165) is 0 Å². The van der Waals surface area contributed by atoms with Crippen molar-refractivity contribution in [1.29, 1.82) is 0 Å². The molecule has 0 aliphatic rings. The molecule has 0 aromatic carbocycles. The molecule has 1 atom stereocenters. The smallest absolute Gasteiger partial charge is 0.296 e. The third-order valence-corrected chi connectivity index (χ3v) is 3.30. The van der Waals surface area contributed by atoms with Crippen LogP contribution in [0.5, 0.6) is 0 Å². The molecule has 0 radical (unpaired) electrons. The fourth-order valence-corrected chi connectivity index (χ4v) is 1.93. The second kappa shape index (κ2) is 6.60. The van der Waals surface area contributed by atoms with Gasteiger partial charge < -0.3 is 0 Å². The van der Waals surface area contributed by atoms with E-state index in [9.17, 15) is 70.7 Å². The molecule has 0 rings (SSSR count). The number of hydrogen-bond acceptors (Lipinski definition) is 1. The highest BCUT2D eigenvalue weighted by Gasteiger charge is 2.96. The molecule has 0 aromatic rings. The predicted molar refractivity (Wildman–Crippen MR) is 55.7 cm³/mol. The zero-order valence-corrected chi connectivity index (χ0v) is 12.5. The Morgan fingerprint density at radius 3 is 1.15 bits per heavy atom. The lowest BCUT2D eigenvalue weighted by Gasteiger charge is -2.45. The van der Waals surface area contributed by atoms with Crippen molar-refractivity contribution >= 4 is 5.78 Å². The predicted octanol–water partition coefficient (Wildman–Crippen LogP) is 5.73. The van der Waals surface area contributed by atoms with Crippen molar-refractivity contribution in [3.63, 3.8) is 0 Å². The molecule has 0 aromatic heterocycles. The SMILES string of the molecule is CCCC(=O)C(F)(C(F)(F)C(F)(F)C(F)(F)F)C(F)(C(F)(F)F)C(F)(F)F. The van der Waals surface area contributed by atoms with Gasteiger partial charge in [0.05, 0.1) is 0 Å². The summed E-state index contributed by atoms with van der Waals surface area (Å²) in [6.45, 7) is 0.624. The average molecular weight is 440 g/mol. The Morgan fingerprint density at radius 2 is 0.926 bits per heavy atom. The summed E-state index contributed by atoms with van der Waals surface area (Å²) in [6, 6.07) is 0. The Bertz CT molecular complexity index is 540. The quantitative estimate of drug-likeness (QED) is 0.483. The van der Waals surface area contributed by atoms with Gasteiger partial charge in [0.1, 0.15) is 0 Å². The maximum absolute atomic E-state index is 14.3. The summed E-state index contributed by atoms with van der Waals surface area (Å²) in [5.74, 6) is -19.9. The van der Waals surface area contributed by atoms with E-state index in [1.54, 1.807) is 0 Å². The molecule has 1 unspecified atom stereocenters. The molecule has 0 aliphatic heterocycles. The van der Waals surface area contributed by atoms with E-state index in [2.05, 4.69) is 0 Å². The molecule has 0 amide bonds. The zero-order chi connectivity index (χ0) is 22.5. The van der Waals surface area contributed by atoms with Crippen LogP contribution in [0.2, 0.25) is 0 Å². The standard InChI is InChI=1S/C11H7F15O/c1-2-3-4(27)5(12,6(13,9(18,19)20)10(21,22)23)7(14,15)8(16,17)11(24,25)26/h2-3H2,1H3. The number of Topliss-reactive ketones (excluding diaryl/α,β-unsaturated/α-hetero) is 1. The Balaban J connectivity index is 7.32.